The highest BCUT2D eigenvalue weighted by molar-refractivity contribution is 8.15. The number of fused-ring (bicyclic) bond motifs is 1. The fraction of sp³-hybridized carbons (Fsp3) is 0.300. The van der Waals surface area contributed by atoms with E-state index in [1.54, 1.807) is 12.1 Å². The third kappa shape index (κ3) is 4.68. The molecule has 0 radical (unpaired) electrons. The molecule has 2 heterocycles. The summed E-state index contributed by atoms with van der Waals surface area (Å²) in [4.78, 5) is 32.0. The van der Waals surface area contributed by atoms with E-state index in [1.807, 2.05) is 18.2 Å². The summed E-state index contributed by atoms with van der Waals surface area (Å²) in [6.07, 6.45) is 3.55. The summed E-state index contributed by atoms with van der Waals surface area (Å²) in [5.74, 6) is 0.612. The van der Waals surface area contributed by atoms with E-state index in [2.05, 4.69) is 9.98 Å². The van der Waals surface area contributed by atoms with Crippen LogP contribution in [0.25, 0.3) is 6.08 Å². The number of allylic oxidation sites excluding steroid dienone is 1. The van der Waals surface area contributed by atoms with Crippen LogP contribution in [-0.4, -0.2) is 38.9 Å². The molecule has 7 nitrogen and oxygen atoms in total. The van der Waals surface area contributed by atoms with E-state index in [-0.39, 0.29) is 5.97 Å². The largest absolute Gasteiger partial charge is 0.493 e. The quantitative estimate of drug-likeness (QED) is 0.553. The van der Waals surface area contributed by atoms with Gasteiger partial charge in [0.2, 0.25) is 0 Å². The third-order valence-corrected chi connectivity index (χ3v) is 6.59. The van der Waals surface area contributed by atoms with Crippen molar-refractivity contribution in [2.75, 3.05) is 5.75 Å². The van der Waals surface area contributed by atoms with Gasteiger partial charge >= 0.3 is 11.9 Å². The Hall–Kier alpha value is -2.65. The van der Waals surface area contributed by atoms with Gasteiger partial charge in [-0.1, -0.05) is 12.1 Å². The maximum Gasteiger partial charge on any atom is 0.329 e. The van der Waals surface area contributed by atoms with E-state index in [0.29, 0.717) is 23.2 Å². The van der Waals surface area contributed by atoms with Gasteiger partial charge in [0.25, 0.3) is 0 Å². The highest BCUT2D eigenvalue weighted by Crippen LogP contribution is 2.33. The standard InChI is InChI=1S/C20H18N2O5S2/c1-11(23)27-13-4-2-12(3-5-13)9-26-14-6-7-15-17(8-14)29-19(21-15)18-22-16(10-28-18)20(24)25/h2-5,8,16H,6-7,9-10H2,1H3,(H,24,25)/t16-/m1/s1. The molecule has 1 N–H and O–H groups in total. The number of esters is 1. The minimum Gasteiger partial charge on any atom is -0.493 e. The van der Waals surface area contributed by atoms with Gasteiger partial charge in [0.15, 0.2) is 6.04 Å². The average Bonchev–Trinajstić information content (AvgIpc) is 3.33. The second-order valence-corrected chi connectivity index (χ2v) is 8.61. The molecule has 0 amide bonds. The number of thiazole rings is 1. The summed E-state index contributed by atoms with van der Waals surface area (Å²) >= 11 is 2.96. The van der Waals surface area contributed by atoms with Crippen LogP contribution in [0.4, 0.5) is 0 Å². The highest BCUT2D eigenvalue weighted by Gasteiger charge is 2.28. The van der Waals surface area contributed by atoms with Crippen molar-refractivity contribution >= 4 is 46.2 Å². The van der Waals surface area contributed by atoms with Gasteiger partial charge in [0, 0.05) is 19.1 Å². The molecule has 150 valence electrons. The molecule has 4 rings (SSSR count). The molecule has 9 heteroatoms. The number of aliphatic imine (C=N–C) groups is 1. The molecule has 0 spiro atoms. The Labute approximate surface area is 175 Å². The smallest absolute Gasteiger partial charge is 0.329 e. The number of ether oxygens (including phenoxy) is 2. The number of nitrogens with zero attached hydrogens (tertiary/aromatic N) is 2. The first-order valence-corrected chi connectivity index (χ1v) is 10.8. The van der Waals surface area contributed by atoms with Gasteiger partial charge in [0.1, 0.15) is 22.4 Å². The van der Waals surface area contributed by atoms with E-state index in [9.17, 15) is 9.59 Å². The molecule has 0 saturated heterocycles. The van der Waals surface area contributed by atoms with Crippen molar-refractivity contribution in [2.24, 2.45) is 4.99 Å². The number of benzene rings is 1. The Balaban J connectivity index is 1.40. The molecule has 1 aromatic carbocycles. The molecule has 1 aliphatic heterocycles. The fourth-order valence-electron chi connectivity index (χ4n) is 2.93. The first kappa shape index (κ1) is 19.7. The number of aliphatic carboxylic acids is 1. The number of hydrogen-bond acceptors (Lipinski definition) is 8. The van der Waals surface area contributed by atoms with E-state index in [4.69, 9.17) is 14.6 Å². The normalized spacial score (nSPS) is 17.9. The monoisotopic (exact) mass is 430 g/mol. The van der Waals surface area contributed by atoms with Gasteiger partial charge in [-0.25, -0.2) is 9.78 Å². The lowest BCUT2D eigenvalue weighted by molar-refractivity contribution is -0.137. The zero-order valence-corrected chi connectivity index (χ0v) is 17.2. The molecule has 2 aliphatic rings. The number of carboxylic acids is 1. The molecule has 29 heavy (non-hydrogen) atoms. The van der Waals surface area contributed by atoms with Gasteiger partial charge in [0.05, 0.1) is 16.3 Å². The number of carbonyl (C=O) groups excluding carboxylic acids is 1. The lowest BCUT2D eigenvalue weighted by atomic mass is 10.1. The summed E-state index contributed by atoms with van der Waals surface area (Å²) in [5.41, 5.74) is 1.99. The Morgan fingerprint density at radius 2 is 2.03 bits per heavy atom. The van der Waals surface area contributed by atoms with Crippen molar-refractivity contribution in [1.29, 1.82) is 0 Å². The van der Waals surface area contributed by atoms with Crippen molar-refractivity contribution < 1.29 is 24.2 Å². The van der Waals surface area contributed by atoms with Crippen molar-refractivity contribution in [3.05, 3.63) is 51.2 Å². The summed E-state index contributed by atoms with van der Waals surface area (Å²) in [6.45, 7) is 1.80. The van der Waals surface area contributed by atoms with Crippen molar-refractivity contribution in [3.63, 3.8) is 0 Å². The van der Waals surface area contributed by atoms with E-state index in [1.165, 1.54) is 30.0 Å². The van der Waals surface area contributed by atoms with E-state index in [0.717, 1.165) is 39.7 Å². The zero-order chi connectivity index (χ0) is 20.4. The second-order valence-electron chi connectivity index (χ2n) is 6.57. The van der Waals surface area contributed by atoms with Gasteiger partial charge in [-0.2, -0.15) is 0 Å². The Morgan fingerprint density at radius 1 is 1.24 bits per heavy atom. The van der Waals surface area contributed by atoms with Crippen LogP contribution in [0.5, 0.6) is 5.75 Å². The van der Waals surface area contributed by atoms with E-state index >= 15 is 0 Å². The zero-order valence-electron chi connectivity index (χ0n) is 15.6. The van der Waals surface area contributed by atoms with Crippen LogP contribution in [0.3, 0.4) is 0 Å². The maximum atomic E-state index is 11.1. The van der Waals surface area contributed by atoms with Crippen molar-refractivity contribution in [3.8, 4) is 5.75 Å². The third-order valence-electron chi connectivity index (χ3n) is 4.36. The van der Waals surface area contributed by atoms with Crippen LogP contribution in [-0.2, 0) is 27.4 Å². The van der Waals surface area contributed by atoms with Gasteiger partial charge < -0.3 is 14.6 Å². The predicted octanol–water partition coefficient (Wildman–Crippen LogP) is 3.52. The molecular formula is C20H18N2O5S2. The predicted molar refractivity (Wildman–Crippen MR) is 111 cm³/mol. The topological polar surface area (TPSA) is 98.1 Å². The number of carbonyl (C=O) groups is 2. The lowest BCUT2D eigenvalue weighted by Crippen LogP contribution is -2.17. The number of aromatic nitrogens is 1. The van der Waals surface area contributed by atoms with Crippen molar-refractivity contribution in [2.45, 2.75) is 32.4 Å². The van der Waals surface area contributed by atoms with Crippen LogP contribution in [0.1, 0.15) is 34.5 Å². The minimum absolute atomic E-state index is 0.346. The maximum absolute atomic E-state index is 11.1. The first-order valence-electron chi connectivity index (χ1n) is 9.02. The minimum atomic E-state index is -0.898. The number of thioether (sulfide) groups is 1. The summed E-state index contributed by atoms with van der Waals surface area (Å²) < 4.78 is 11.0. The fourth-order valence-corrected chi connectivity index (χ4v) is 5.10. The number of carboxylic acid groups (broad SMARTS) is 1. The molecule has 0 bridgehead atoms. The van der Waals surface area contributed by atoms with Gasteiger partial charge in [-0.15, -0.1) is 23.1 Å². The molecule has 1 atom stereocenters. The molecule has 0 unspecified atom stereocenters. The van der Waals surface area contributed by atoms with Crippen LogP contribution >= 0.6 is 23.1 Å². The number of hydrogen-bond donors (Lipinski definition) is 1. The number of rotatable bonds is 6. The Morgan fingerprint density at radius 3 is 2.72 bits per heavy atom. The van der Waals surface area contributed by atoms with Crippen LogP contribution < -0.4 is 4.74 Å². The van der Waals surface area contributed by atoms with Crippen molar-refractivity contribution in [1.82, 2.24) is 4.98 Å². The molecule has 1 aromatic heterocycles. The second kappa shape index (κ2) is 8.38. The summed E-state index contributed by atoms with van der Waals surface area (Å²) in [7, 11) is 0. The SMILES string of the molecule is CC(=O)Oc1ccc(COC2=Cc3sc(C4=N[C@@H](C(=O)O)CS4)nc3CC2)cc1. The average molecular weight is 431 g/mol. The number of aryl methyl sites for hydroxylation is 1. The molecular weight excluding hydrogens is 412 g/mol. The highest BCUT2D eigenvalue weighted by atomic mass is 32.2. The summed E-state index contributed by atoms with van der Waals surface area (Å²) in [5, 5.41) is 10.6. The van der Waals surface area contributed by atoms with Crippen LogP contribution in [0.2, 0.25) is 0 Å². The Bertz CT molecular complexity index is 1010. The van der Waals surface area contributed by atoms with Crippen LogP contribution in [0.15, 0.2) is 35.0 Å². The molecule has 2 aromatic rings. The van der Waals surface area contributed by atoms with E-state index < -0.39 is 12.0 Å². The lowest BCUT2D eigenvalue weighted by Gasteiger charge is -2.14. The summed E-state index contributed by atoms with van der Waals surface area (Å²) in [6, 6.07) is 6.54. The molecule has 1 aliphatic carbocycles. The molecule has 0 fully saturated rings. The van der Waals surface area contributed by atoms with Gasteiger partial charge in [-0.05, 0) is 30.2 Å². The van der Waals surface area contributed by atoms with Crippen LogP contribution in [0, 0.1) is 0 Å². The Kier molecular flexibility index (Phi) is 5.68. The molecule has 0 saturated carbocycles. The first-order chi connectivity index (χ1) is 14.0. The van der Waals surface area contributed by atoms with Gasteiger partial charge in [-0.3, -0.25) is 9.79 Å².